The standard InChI is InChI=1S/C14H19F3N2O.2ClH/c15-14(16,17)20-13-5-3-11(4-6-13)10-19-8-1-2-12(18)7-9-19;;/h3-6,12H,1-2,7-10,18H2;2*1H. The van der Waals surface area contributed by atoms with E-state index in [-0.39, 0.29) is 36.6 Å². The molecule has 8 heteroatoms. The van der Waals surface area contributed by atoms with E-state index in [1.54, 1.807) is 12.1 Å². The van der Waals surface area contributed by atoms with Crippen LogP contribution in [0.1, 0.15) is 24.8 Å². The minimum absolute atomic E-state index is 0. The van der Waals surface area contributed by atoms with Gasteiger partial charge in [-0.2, -0.15) is 0 Å². The first-order valence-corrected chi connectivity index (χ1v) is 6.75. The number of alkyl halides is 3. The summed E-state index contributed by atoms with van der Waals surface area (Å²) in [4.78, 5) is 2.28. The number of halogens is 5. The Balaban J connectivity index is 0.00000220. The van der Waals surface area contributed by atoms with Crippen molar-refractivity contribution in [1.82, 2.24) is 4.90 Å². The number of likely N-dealkylation sites (tertiary alicyclic amines) is 1. The van der Waals surface area contributed by atoms with Crippen LogP contribution >= 0.6 is 24.8 Å². The number of hydrogen-bond donors (Lipinski definition) is 1. The van der Waals surface area contributed by atoms with Gasteiger partial charge in [0, 0.05) is 12.6 Å². The molecule has 1 saturated heterocycles. The second-order valence-electron chi connectivity index (χ2n) is 5.16. The maximum Gasteiger partial charge on any atom is 0.573 e. The van der Waals surface area contributed by atoms with Crippen molar-refractivity contribution in [2.24, 2.45) is 5.73 Å². The molecule has 2 rings (SSSR count). The topological polar surface area (TPSA) is 38.5 Å². The van der Waals surface area contributed by atoms with Crippen molar-refractivity contribution in [2.75, 3.05) is 13.1 Å². The van der Waals surface area contributed by atoms with Crippen molar-refractivity contribution in [1.29, 1.82) is 0 Å². The van der Waals surface area contributed by atoms with Crippen LogP contribution in [0.25, 0.3) is 0 Å². The minimum Gasteiger partial charge on any atom is -0.406 e. The third-order valence-corrected chi connectivity index (χ3v) is 3.43. The van der Waals surface area contributed by atoms with E-state index in [0.29, 0.717) is 0 Å². The summed E-state index contributed by atoms with van der Waals surface area (Å²) in [5.74, 6) is -0.181. The summed E-state index contributed by atoms with van der Waals surface area (Å²) >= 11 is 0. The number of hydrogen-bond acceptors (Lipinski definition) is 3. The maximum atomic E-state index is 12.1. The van der Waals surface area contributed by atoms with E-state index >= 15 is 0 Å². The molecule has 1 heterocycles. The van der Waals surface area contributed by atoms with Gasteiger partial charge in [0.25, 0.3) is 0 Å². The first kappa shape index (κ1) is 21.3. The average Bonchev–Trinajstić information content (AvgIpc) is 2.55. The summed E-state index contributed by atoms with van der Waals surface area (Å²) in [5.41, 5.74) is 6.90. The Morgan fingerprint density at radius 3 is 2.32 bits per heavy atom. The average molecular weight is 361 g/mol. The lowest BCUT2D eigenvalue weighted by atomic mass is 10.1. The Kier molecular flexibility index (Phi) is 9.15. The van der Waals surface area contributed by atoms with Gasteiger partial charge in [0.15, 0.2) is 0 Å². The summed E-state index contributed by atoms with van der Waals surface area (Å²) in [5, 5.41) is 0. The quantitative estimate of drug-likeness (QED) is 0.892. The molecule has 0 aliphatic carbocycles. The molecule has 0 spiro atoms. The molecule has 128 valence electrons. The van der Waals surface area contributed by atoms with Crippen molar-refractivity contribution in [3.63, 3.8) is 0 Å². The van der Waals surface area contributed by atoms with Crippen molar-refractivity contribution in [2.45, 2.75) is 38.2 Å². The van der Waals surface area contributed by atoms with Crippen LogP contribution in [0.15, 0.2) is 24.3 Å². The fraction of sp³-hybridized carbons (Fsp3) is 0.571. The largest absolute Gasteiger partial charge is 0.573 e. The third kappa shape index (κ3) is 7.54. The van der Waals surface area contributed by atoms with Crippen LogP contribution in [0, 0.1) is 0 Å². The molecule has 1 unspecified atom stereocenters. The Hall–Kier alpha value is -0.690. The highest BCUT2D eigenvalue weighted by atomic mass is 35.5. The van der Waals surface area contributed by atoms with Gasteiger partial charge in [-0.3, -0.25) is 4.90 Å². The fourth-order valence-corrected chi connectivity index (χ4v) is 2.39. The second-order valence-corrected chi connectivity index (χ2v) is 5.16. The molecule has 0 radical (unpaired) electrons. The Bertz CT molecular complexity index is 429. The summed E-state index contributed by atoms with van der Waals surface area (Å²) in [6.45, 7) is 2.65. The zero-order valence-corrected chi connectivity index (χ0v) is 13.6. The molecule has 0 bridgehead atoms. The summed E-state index contributed by atoms with van der Waals surface area (Å²) in [6.07, 6.45) is -1.57. The van der Waals surface area contributed by atoms with E-state index in [1.165, 1.54) is 12.1 Å². The lowest BCUT2D eigenvalue weighted by molar-refractivity contribution is -0.274. The fourth-order valence-electron chi connectivity index (χ4n) is 2.39. The molecule has 2 N–H and O–H groups in total. The number of rotatable bonds is 3. The van der Waals surface area contributed by atoms with Crippen molar-refractivity contribution in [3.8, 4) is 5.75 Å². The molecule has 0 saturated carbocycles. The predicted octanol–water partition coefficient (Wildman–Crippen LogP) is 3.74. The van der Waals surface area contributed by atoms with Gasteiger partial charge in [-0.25, -0.2) is 0 Å². The Labute approximate surface area is 140 Å². The molecular formula is C14H21Cl2F3N2O. The van der Waals surface area contributed by atoms with Crippen LogP contribution in [0.3, 0.4) is 0 Å². The number of ether oxygens (including phenoxy) is 1. The maximum absolute atomic E-state index is 12.1. The van der Waals surface area contributed by atoms with Crippen LogP contribution in [0.2, 0.25) is 0 Å². The number of nitrogens with zero attached hydrogens (tertiary/aromatic N) is 1. The van der Waals surface area contributed by atoms with Gasteiger partial charge in [-0.15, -0.1) is 38.0 Å². The molecule has 1 aliphatic rings. The molecule has 1 atom stereocenters. The van der Waals surface area contributed by atoms with Crippen LogP contribution in [-0.4, -0.2) is 30.4 Å². The van der Waals surface area contributed by atoms with Gasteiger partial charge in [0.1, 0.15) is 5.75 Å². The molecule has 3 nitrogen and oxygen atoms in total. The molecule has 22 heavy (non-hydrogen) atoms. The molecule has 1 aromatic carbocycles. The van der Waals surface area contributed by atoms with Crippen molar-refractivity contribution < 1.29 is 17.9 Å². The highest BCUT2D eigenvalue weighted by molar-refractivity contribution is 5.85. The van der Waals surface area contributed by atoms with Gasteiger partial charge < -0.3 is 10.5 Å². The van der Waals surface area contributed by atoms with E-state index in [2.05, 4.69) is 9.64 Å². The molecule has 1 fully saturated rings. The lowest BCUT2D eigenvalue weighted by Gasteiger charge is -2.20. The zero-order chi connectivity index (χ0) is 14.6. The van der Waals surface area contributed by atoms with Crippen molar-refractivity contribution in [3.05, 3.63) is 29.8 Å². The lowest BCUT2D eigenvalue weighted by Crippen LogP contribution is -2.26. The summed E-state index contributed by atoms with van der Waals surface area (Å²) < 4.78 is 40.0. The predicted molar refractivity (Wildman–Crippen MR) is 84.7 cm³/mol. The SMILES string of the molecule is Cl.Cl.NC1CCCN(Cc2ccc(OC(F)(F)F)cc2)CC1. The van der Waals surface area contributed by atoms with Gasteiger partial charge in [-0.1, -0.05) is 12.1 Å². The smallest absolute Gasteiger partial charge is 0.406 e. The molecule has 1 aliphatic heterocycles. The van der Waals surface area contributed by atoms with Crippen LogP contribution in [-0.2, 0) is 6.54 Å². The molecule has 1 aromatic rings. The number of nitrogens with two attached hydrogens (primary N) is 1. The van der Waals surface area contributed by atoms with E-state index in [4.69, 9.17) is 5.73 Å². The first-order valence-electron chi connectivity index (χ1n) is 6.75. The van der Waals surface area contributed by atoms with Gasteiger partial charge >= 0.3 is 6.36 Å². The monoisotopic (exact) mass is 360 g/mol. The Morgan fingerprint density at radius 2 is 1.73 bits per heavy atom. The highest BCUT2D eigenvalue weighted by Crippen LogP contribution is 2.23. The zero-order valence-electron chi connectivity index (χ0n) is 12.0. The van der Waals surface area contributed by atoms with Crippen LogP contribution in [0.5, 0.6) is 5.75 Å². The van der Waals surface area contributed by atoms with Crippen LogP contribution < -0.4 is 10.5 Å². The summed E-state index contributed by atoms with van der Waals surface area (Å²) in [6, 6.07) is 6.32. The summed E-state index contributed by atoms with van der Waals surface area (Å²) in [7, 11) is 0. The molecule has 0 aromatic heterocycles. The van der Waals surface area contributed by atoms with Gasteiger partial charge in [0.05, 0.1) is 0 Å². The number of benzene rings is 1. The van der Waals surface area contributed by atoms with E-state index < -0.39 is 6.36 Å². The van der Waals surface area contributed by atoms with Crippen LogP contribution in [0.4, 0.5) is 13.2 Å². The molecular weight excluding hydrogens is 340 g/mol. The minimum atomic E-state index is -4.64. The second kappa shape index (κ2) is 9.45. The normalized spacial score (nSPS) is 19.5. The highest BCUT2D eigenvalue weighted by Gasteiger charge is 2.30. The first-order chi connectivity index (χ1) is 9.42. The Morgan fingerprint density at radius 1 is 1.09 bits per heavy atom. The third-order valence-electron chi connectivity index (χ3n) is 3.43. The van der Waals surface area contributed by atoms with Gasteiger partial charge in [-0.05, 0) is 50.0 Å². The van der Waals surface area contributed by atoms with Crippen molar-refractivity contribution >= 4 is 24.8 Å². The van der Waals surface area contributed by atoms with Gasteiger partial charge in [0.2, 0.25) is 0 Å². The van der Waals surface area contributed by atoms with E-state index in [9.17, 15) is 13.2 Å². The molecule has 0 amide bonds. The van der Waals surface area contributed by atoms with E-state index in [0.717, 1.165) is 44.5 Å². The van der Waals surface area contributed by atoms with E-state index in [1.807, 2.05) is 0 Å².